The number of halogens is 3. The minimum atomic E-state index is -0.644. The first kappa shape index (κ1) is 6.47. The highest BCUT2D eigenvalue weighted by Gasteiger charge is 1.92. The Morgan fingerprint density at radius 2 is 2.17 bits per heavy atom. The van der Waals surface area contributed by atoms with E-state index in [9.17, 15) is 4.48 Å². The van der Waals surface area contributed by atoms with E-state index in [1.54, 1.807) is 0 Å². The van der Waals surface area contributed by atoms with E-state index < -0.39 is 4.84 Å². The van der Waals surface area contributed by atoms with Gasteiger partial charge in [-0.1, -0.05) is 0 Å². The van der Waals surface area contributed by atoms with Crippen LogP contribution >= 0.6 is 23.2 Å². The third-order valence-corrected chi connectivity index (χ3v) is 0.540. The Labute approximate surface area is 45.4 Å². The van der Waals surface area contributed by atoms with Gasteiger partial charge in [-0.2, -0.15) is 5.54 Å². The topological polar surface area (TPSA) is 12.0 Å². The molecule has 0 radical (unpaired) electrons. The van der Waals surface area contributed by atoms with Gasteiger partial charge in [0, 0.05) is 0 Å². The van der Waals surface area contributed by atoms with E-state index in [1.807, 2.05) is 0 Å². The summed E-state index contributed by atoms with van der Waals surface area (Å²) < 4.78 is 10.8. The maximum absolute atomic E-state index is 10.8. The first-order chi connectivity index (χ1) is 2.77. The molecule has 0 aromatic heterocycles. The molecule has 0 amide bonds. The van der Waals surface area contributed by atoms with E-state index in [1.165, 1.54) is 5.54 Å². The molecule has 0 atom stereocenters. The average molecular weight is 132 g/mol. The second-order valence-electron chi connectivity index (χ2n) is 0.729. The predicted octanol–water partition coefficient (Wildman–Crippen LogP) is 1.26. The highest BCUT2D eigenvalue weighted by atomic mass is 35.5. The van der Waals surface area contributed by atoms with Crippen LogP contribution < -0.4 is 5.54 Å². The molecular formula is C2H4Cl2FN. The lowest BCUT2D eigenvalue weighted by Crippen LogP contribution is -2.09. The first-order valence-corrected chi connectivity index (χ1v) is 2.26. The zero-order valence-corrected chi connectivity index (χ0v) is 4.43. The Morgan fingerprint density at radius 1 is 1.67 bits per heavy atom. The van der Waals surface area contributed by atoms with E-state index in [4.69, 9.17) is 23.2 Å². The van der Waals surface area contributed by atoms with Crippen LogP contribution in [-0.2, 0) is 0 Å². The number of rotatable bonds is 2. The van der Waals surface area contributed by atoms with Crippen LogP contribution in [0.4, 0.5) is 4.48 Å². The van der Waals surface area contributed by atoms with Crippen molar-refractivity contribution in [2.75, 3.05) is 6.54 Å². The Kier molecular flexibility index (Phi) is 3.94. The minimum Gasteiger partial charge on any atom is -0.157 e. The van der Waals surface area contributed by atoms with Gasteiger partial charge in [0.05, 0.1) is 6.54 Å². The maximum atomic E-state index is 10.8. The van der Waals surface area contributed by atoms with Gasteiger partial charge in [0.2, 0.25) is 0 Å². The van der Waals surface area contributed by atoms with Gasteiger partial charge in [-0.3, -0.25) is 0 Å². The number of nitrogens with one attached hydrogen (secondary N) is 1. The molecule has 0 saturated carbocycles. The molecule has 0 unspecified atom stereocenters. The van der Waals surface area contributed by atoms with Crippen molar-refractivity contribution >= 4 is 23.2 Å². The Bertz CT molecular complexity index is 32.7. The van der Waals surface area contributed by atoms with Gasteiger partial charge >= 0.3 is 0 Å². The third kappa shape index (κ3) is 4.47. The summed E-state index contributed by atoms with van der Waals surface area (Å²) in [6.07, 6.45) is 0. The largest absolute Gasteiger partial charge is 0.157 e. The van der Waals surface area contributed by atoms with Crippen molar-refractivity contribution in [2.45, 2.75) is 4.84 Å². The zero-order valence-electron chi connectivity index (χ0n) is 2.92. The summed E-state index contributed by atoms with van der Waals surface area (Å²) in [4.78, 5) is -0.644. The second kappa shape index (κ2) is 3.65. The van der Waals surface area contributed by atoms with Crippen molar-refractivity contribution in [1.82, 2.24) is 5.54 Å². The molecule has 6 heavy (non-hydrogen) atoms. The molecule has 4 heteroatoms. The molecule has 0 aromatic rings. The molecule has 1 N–H and O–H groups in total. The van der Waals surface area contributed by atoms with E-state index in [0.717, 1.165) is 0 Å². The molecule has 0 bridgehead atoms. The zero-order chi connectivity index (χ0) is 4.99. The molecule has 0 aliphatic rings. The fraction of sp³-hybridized carbons (Fsp3) is 1.00. The molecule has 0 saturated heterocycles. The third-order valence-electron chi connectivity index (χ3n) is 0.231. The van der Waals surface area contributed by atoms with E-state index in [-0.39, 0.29) is 6.54 Å². The standard InChI is InChI=1S/C2H4Cl2FN/c3-2(4)1-6-5/h2,6H,1H2. The molecule has 0 rings (SSSR count). The Balaban J connectivity index is 2.63. The molecule has 38 valence electrons. The summed E-state index contributed by atoms with van der Waals surface area (Å²) >= 11 is 10.1. The van der Waals surface area contributed by atoms with Crippen LogP contribution in [0.25, 0.3) is 0 Å². The van der Waals surface area contributed by atoms with E-state index in [0.29, 0.717) is 0 Å². The van der Waals surface area contributed by atoms with Gasteiger partial charge in [0.15, 0.2) is 0 Å². The summed E-state index contributed by atoms with van der Waals surface area (Å²) in [6.45, 7) is -0.0108. The summed E-state index contributed by atoms with van der Waals surface area (Å²) in [5.41, 5.74) is 1.30. The smallest absolute Gasteiger partial charge is 0.122 e. The van der Waals surface area contributed by atoms with Crippen LogP contribution in [0.5, 0.6) is 0 Å². The van der Waals surface area contributed by atoms with Gasteiger partial charge in [0.25, 0.3) is 0 Å². The minimum absolute atomic E-state index is 0.0108. The highest BCUT2D eigenvalue weighted by molar-refractivity contribution is 6.44. The van der Waals surface area contributed by atoms with E-state index in [2.05, 4.69) is 0 Å². The molecule has 0 fully saturated rings. The van der Waals surface area contributed by atoms with Crippen LogP contribution in [-0.4, -0.2) is 11.4 Å². The molecule has 0 heterocycles. The van der Waals surface area contributed by atoms with Gasteiger partial charge in [-0.05, 0) is 0 Å². The summed E-state index contributed by atoms with van der Waals surface area (Å²) in [5.74, 6) is 0. The maximum Gasteiger partial charge on any atom is 0.122 e. The summed E-state index contributed by atoms with van der Waals surface area (Å²) in [6, 6.07) is 0. The van der Waals surface area contributed by atoms with Crippen molar-refractivity contribution in [3.63, 3.8) is 0 Å². The molecule has 0 aliphatic carbocycles. The fourth-order valence-corrected chi connectivity index (χ4v) is 0.175. The molecular weight excluding hydrogens is 128 g/mol. The van der Waals surface area contributed by atoms with Crippen molar-refractivity contribution in [1.29, 1.82) is 0 Å². The van der Waals surface area contributed by atoms with Crippen molar-refractivity contribution in [2.24, 2.45) is 0 Å². The molecule has 0 spiro atoms. The monoisotopic (exact) mass is 131 g/mol. The van der Waals surface area contributed by atoms with Gasteiger partial charge in [0.1, 0.15) is 4.84 Å². The first-order valence-electron chi connectivity index (χ1n) is 1.39. The average Bonchev–Trinajstić information content (AvgIpc) is 1.35. The fourth-order valence-electron chi connectivity index (χ4n) is 0.0583. The quantitative estimate of drug-likeness (QED) is 0.440. The van der Waals surface area contributed by atoms with Gasteiger partial charge in [-0.15, -0.1) is 27.7 Å². The Hall–Kier alpha value is 0.470. The predicted molar refractivity (Wildman–Crippen MR) is 24.6 cm³/mol. The van der Waals surface area contributed by atoms with Crippen molar-refractivity contribution < 1.29 is 4.48 Å². The highest BCUT2D eigenvalue weighted by Crippen LogP contribution is 1.97. The van der Waals surface area contributed by atoms with Crippen LogP contribution in [0.3, 0.4) is 0 Å². The normalized spacial score (nSPS) is 10.0. The SMILES string of the molecule is FNCC(Cl)Cl. The summed E-state index contributed by atoms with van der Waals surface area (Å²) in [7, 11) is 0. The van der Waals surface area contributed by atoms with Crippen molar-refractivity contribution in [3.8, 4) is 0 Å². The number of alkyl halides is 2. The van der Waals surface area contributed by atoms with Crippen LogP contribution in [0.2, 0.25) is 0 Å². The van der Waals surface area contributed by atoms with E-state index >= 15 is 0 Å². The van der Waals surface area contributed by atoms with Crippen LogP contribution in [0.1, 0.15) is 0 Å². The summed E-state index contributed by atoms with van der Waals surface area (Å²) in [5, 5.41) is 0. The van der Waals surface area contributed by atoms with Crippen LogP contribution in [0.15, 0.2) is 0 Å². The lowest BCUT2D eigenvalue weighted by atomic mass is 10.8. The van der Waals surface area contributed by atoms with Crippen LogP contribution in [0, 0.1) is 0 Å². The number of hydrogen-bond donors (Lipinski definition) is 1. The molecule has 0 aliphatic heterocycles. The molecule has 1 nitrogen and oxygen atoms in total. The number of hydrogen-bond acceptors (Lipinski definition) is 1. The Morgan fingerprint density at radius 3 is 2.17 bits per heavy atom. The lowest BCUT2D eigenvalue weighted by Gasteiger charge is -1.90. The second-order valence-corrected chi connectivity index (χ2v) is 2.01. The molecule has 0 aromatic carbocycles. The van der Waals surface area contributed by atoms with Gasteiger partial charge in [-0.25, -0.2) is 0 Å². The van der Waals surface area contributed by atoms with Gasteiger partial charge < -0.3 is 0 Å². The van der Waals surface area contributed by atoms with Crippen molar-refractivity contribution in [3.05, 3.63) is 0 Å². The lowest BCUT2D eigenvalue weighted by molar-refractivity contribution is 0.344.